The third kappa shape index (κ3) is 2.03. The Morgan fingerprint density at radius 2 is 2.39 bits per heavy atom. The molecule has 2 fully saturated rings. The third-order valence-corrected chi connectivity index (χ3v) is 3.86. The largest absolute Gasteiger partial charge is 0.354 e. The van der Waals surface area contributed by atoms with Crippen molar-refractivity contribution in [3.8, 4) is 0 Å². The molecule has 96 valence electrons. The first-order chi connectivity index (χ1) is 8.74. The Bertz CT molecular complexity index is 451. The molecule has 0 radical (unpaired) electrons. The maximum Gasteiger partial charge on any atom is 0.274 e. The van der Waals surface area contributed by atoms with Gasteiger partial charge in [-0.1, -0.05) is 0 Å². The number of hydrogen-bond acceptors (Lipinski definition) is 5. The molecule has 0 bridgehead atoms. The van der Waals surface area contributed by atoms with E-state index >= 15 is 0 Å². The average molecular weight is 248 g/mol. The van der Waals surface area contributed by atoms with Crippen LogP contribution in [-0.2, 0) is 0 Å². The predicted octanol–water partition coefficient (Wildman–Crippen LogP) is 1.18. The van der Waals surface area contributed by atoms with Crippen LogP contribution >= 0.6 is 0 Å². The Balaban J connectivity index is 1.79. The van der Waals surface area contributed by atoms with Crippen molar-refractivity contribution in [3.05, 3.63) is 28.4 Å². The molecular weight excluding hydrogens is 232 g/mol. The lowest BCUT2D eigenvalue weighted by molar-refractivity contribution is -0.384. The van der Waals surface area contributed by atoms with Crippen molar-refractivity contribution in [2.45, 2.75) is 18.9 Å². The molecule has 2 saturated heterocycles. The summed E-state index contributed by atoms with van der Waals surface area (Å²) < 4.78 is 0. The van der Waals surface area contributed by atoms with Gasteiger partial charge < -0.3 is 10.2 Å². The first-order valence-corrected chi connectivity index (χ1v) is 6.33. The lowest BCUT2D eigenvalue weighted by Crippen LogP contribution is -2.40. The van der Waals surface area contributed by atoms with Gasteiger partial charge in [0.15, 0.2) is 0 Å². The van der Waals surface area contributed by atoms with Gasteiger partial charge in [-0.15, -0.1) is 0 Å². The molecule has 2 aliphatic heterocycles. The number of pyridine rings is 1. The van der Waals surface area contributed by atoms with Gasteiger partial charge in [0.1, 0.15) is 5.82 Å². The summed E-state index contributed by atoms with van der Waals surface area (Å²) >= 11 is 0. The summed E-state index contributed by atoms with van der Waals surface area (Å²) in [4.78, 5) is 16.8. The number of aromatic nitrogens is 1. The van der Waals surface area contributed by atoms with Crippen LogP contribution in [0.15, 0.2) is 18.3 Å². The fourth-order valence-electron chi connectivity index (χ4n) is 2.93. The van der Waals surface area contributed by atoms with Crippen molar-refractivity contribution >= 4 is 11.5 Å². The van der Waals surface area contributed by atoms with Gasteiger partial charge in [-0.2, -0.15) is 0 Å². The number of nitro groups is 1. The van der Waals surface area contributed by atoms with E-state index in [1.165, 1.54) is 25.1 Å². The fourth-order valence-corrected chi connectivity index (χ4v) is 2.93. The maximum atomic E-state index is 10.8. The van der Waals surface area contributed by atoms with Crippen LogP contribution in [0.4, 0.5) is 11.5 Å². The molecule has 1 N–H and O–H groups in total. The molecule has 0 aromatic carbocycles. The lowest BCUT2D eigenvalue weighted by atomic mass is 9.94. The summed E-state index contributed by atoms with van der Waals surface area (Å²) in [5.74, 6) is 1.38. The monoisotopic (exact) mass is 248 g/mol. The van der Waals surface area contributed by atoms with Gasteiger partial charge >= 0.3 is 0 Å². The van der Waals surface area contributed by atoms with E-state index in [9.17, 15) is 10.1 Å². The Hall–Kier alpha value is -1.69. The number of fused-ring (bicyclic) bond motifs is 1. The highest BCUT2D eigenvalue weighted by molar-refractivity contribution is 5.48. The van der Waals surface area contributed by atoms with Gasteiger partial charge in [0, 0.05) is 31.4 Å². The van der Waals surface area contributed by atoms with E-state index in [1.54, 1.807) is 6.07 Å². The second-order valence-corrected chi connectivity index (χ2v) is 5.00. The maximum absolute atomic E-state index is 10.8. The Labute approximate surface area is 105 Å². The van der Waals surface area contributed by atoms with Gasteiger partial charge in [0.2, 0.25) is 0 Å². The van der Waals surface area contributed by atoms with Gasteiger partial charge in [-0.3, -0.25) is 10.1 Å². The molecule has 18 heavy (non-hydrogen) atoms. The minimum atomic E-state index is -0.368. The number of nitrogens with zero attached hydrogens (tertiary/aromatic N) is 3. The van der Waals surface area contributed by atoms with Crippen molar-refractivity contribution in [1.29, 1.82) is 0 Å². The number of piperidine rings is 1. The predicted molar refractivity (Wildman–Crippen MR) is 67.6 cm³/mol. The summed E-state index contributed by atoms with van der Waals surface area (Å²) in [6.45, 7) is 2.93. The second-order valence-electron chi connectivity index (χ2n) is 5.00. The normalized spacial score (nSPS) is 27.0. The van der Waals surface area contributed by atoms with E-state index in [0.717, 1.165) is 25.5 Å². The number of hydrogen-bond donors (Lipinski definition) is 1. The first kappa shape index (κ1) is 11.4. The average Bonchev–Trinajstić information content (AvgIpc) is 2.82. The third-order valence-electron chi connectivity index (χ3n) is 3.86. The number of rotatable bonds is 2. The minimum absolute atomic E-state index is 0.114. The van der Waals surface area contributed by atoms with Crippen LogP contribution in [0.2, 0.25) is 0 Å². The van der Waals surface area contributed by atoms with E-state index in [2.05, 4.69) is 15.2 Å². The zero-order chi connectivity index (χ0) is 12.5. The molecule has 0 spiro atoms. The van der Waals surface area contributed by atoms with Crippen LogP contribution in [0.1, 0.15) is 12.8 Å². The molecule has 0 saturated carbocycles. The van der Waals surface area contributed by atoms with E-state index < -0.39 is 0 Å². The molecule has 2 atom stereocenters. The molecule has 3 rings (SSSR count). The van der Waals surface area contributed by atoms with E-state index in [-0.39, 0.29) is 10.6 Å². The smallest absolute Gasteiger partial charge is 0.274 e. The molecule has 1 aromatic heterocycles. The van der Waals surface area contributed by atoms with Crippen LogP contribution in [0.25, 0.3) is 0 Å². The molecule has 1 aromatic rings. The Kier molecular flexibility index (Phi) is 2.87. The van der Waals surface area contributed by atoms with Crippen LogP contribution in [0.3, 0.4) is 0 Å². The van der Waals surface area contributed by atoms with Crippen LogP contribution in [-0.4, -0.2) is 35.6 Å². The van der Waals surface area contributed by atoms with Crippen molar-refractivity contribution in [3.63, 3.8) is 0 Å². The highest BCUT2D eigenvalue weighted by Crippen LogP contribution is 2.29. The highest BCUT2D eigenvalue weighted by atomic mass is 16.6. The van der Waals surface area contributed by atoms with Crippen LogP contribution in [0.5, 0.6) is 0 Å². The van der Waals surface area contributed by atoms with E-state index in [4.69, 9.17) is 0 Å². The minimum Gasteiger partial charge on any atom is -0.354 e. The van der Waals surface area contributed by atoms with Crippen molar-refractivity contribution in [2.75, 3.05) is 24.5 Å². The van der Waals surface area contributed by atoms with Gasteiger partial charge in [0.25, 0.3) is 5.69 Å². The molecule has 6 nitrogen and oxygen atoms in total. The van der Waals surface area contributed by atoms with Gasteiger partial charge in [-0.05, 0) is 25.3 Å². The van der Waals surface area contributed by atoms with Crippen LogP contribution in [0, 0.1) is 16.0 Å². The molecule has 3 heterocycles. The SMILES string of the molecule is O=[N+]([O-])c1ccnc(N2CC3CCCNC3C2)c1. The molecular formula is C12H16N4O2. The molecule has 2 unspecified atom stereocenters. The molecule has 6 heteroatoms. The Morgan fingerprint density at radius 1 is 1.50 bits per heavy atom. The molecule has 0 amide bonds. The lowest BCUT2D eigenvalue weighted by Gasteiger charge is -2.24. The second kappa shape index (κ2) is 4.53. The van der Waals surface area contributed by atoms with Crippen molar-refractivity contribution in [2.24, 2.45) is 5.92 Å². The van der Waals surface area contributed by atoms with Crippen molar-refractivity contribution < 1.29 is 4.92 Å². The number of anilines is 1. The fraction of sp³-hybridized carbons (Fsp3) is 0.583. The van der Waals surface area contributed by atoms with Gasteiger partial charge in [-0.25, -0.2) is 4.98 Å². The quantitative estimate of drug-likeness (QED) is 0.628. The van der Waals surface area contributed by atoms with Gasteiger partial charge in [0.05, 0.1) is 11.0 Å². The standard InChI is InChI=1S/C12H16N4O2/c17-16(18)10-3-5-14-12(6-10)15-7-9-2-1-4-13-11(9)8-15/h3,5-6,9,11,13H,1-2,4,7-8H2. The summed E-state index contributed by atoms with van der Waals surface area (Å²) in [5.41, 5.74) is 0.114. The number of nitrogens with one attached hydrogen (secondary N) is 1. The van der Waals surface area contributed by atoms with Crippen molar-refractivity contribution in [1.82, 2.24) is 10.3 Å². The summed E-state index contributed by atoms with van der Waals surface area (Å²) in [6.07, 6.45) is 3.98. The molecule has 2 aliphatic rings. The summed E-state index contributed by atoms with van der Waals surface area (Å²) in [5, 5.41) is 14.3. The Morgan fingerprint density at radius 3 is 3.17 bits per heavy atom. The summed E-state index contributed by atoms with van der Waals surface area (Å²) in [7, 11) is 0. The zero-order valence-corrected chi connectivity index (χ0v) is 10.1. The molecule has 0 aliphatic carbocycles. The zero-order valence-electron chi connectivity index (χ0n) is 10.1. The topological polar surface area (TPSA) is 71.3 Å². The van der Waals surface area contributed by atoms with E-state index in [1.807, 2.05) is 0 Å². The van der Waals surface area contributed by atoms with E-state index in [0.29, 0.717) is 12.0 Å². The highest BCUT2D eigenvalue weighted by Gasteiger charge is 2.35. The van der Waals surface area contributed by atoms with Crippen LogP contribution < -0.4 is 10.2 Å². The summed E-state index contributed by atoms with van der Waals surface area (Å²) in [6, 6.07) is 3.52. The first-order valence-electron chi connectivity index (χ1n) is 6.33.